The molecule has 1 aromatic carbocycles. The number of thiol groups is 1. The maximum Gasteiger partial charge on any atom is 0.146 e. The van der Waals surface area contributed by atoms with Crippen molar-refractivity contribution >= 4 is 18.9 Å². The zero-order valence-electron chi connectivity index (χ0n) is 10.1. The Hall–Kier alpha value is -1.54. The Morgan fingerprint density at radius 3 is 2.61 bits per heavy atom. The fourth-order valence-corrected chi connectivity index (χ4v) is 2.31. The van der Waals surface area contributed by atoms with E-state index in [9.17, 15) is 4.79 Å². The number of carbonyl (C=O) groups excluding carboxylic acids is 1. The quantitative estimate of drug-likeness (QED) is 0.482. The van der Waals surface area contributed by atoms with Gasteiger partial charge in [0.05, 0.1) is 0 Å². The van der Waals surface area contributed by atoms with Crippen LogP contribution in [0.3, 0.4) is 0 Å². The van der Waals surface area contributed by atoms with Crippen molar-refractivity contribution < 1.29 is 4.79 Å². The summed E-state index contributed by atoms with van der Waals surface area (Å²) in [6.45, 7) is 0. The zero-order valence-corrected chi connectivity index (χ0v) is 11.0. The molecule has 1 aliphatic rings. The molecule has 0 unspecified atom stereocenters. The predicted octanol–water partition coefficient (Wildman–Crippen LogP) is 3.78. The molecule has 2 heteroatoms. The summed E-state index contributed by atoms with van der Waals surface area (Å²) in [7, 11) is 0. The van der Waals surface area contributed by atoms with Crippen LogP contribution in [0.4, 0.5) is 0 Å². The van der Waals surface area contributed by atoms with Crippen LogP contribution in [-0.4, -0.2) is 6.29 Å². The van der Waals surface area contributed by atoms with Crippen LogP contribution in [0.15, 0.2) is 65.1 Å². The average molecular weight is 256 g/mol. The second kappa shape index (κ2) is 6.41. The van der Waals surface area contributed by atoms with Gasteiger partial charge in [0.25, 0.3) is 0 Å². The molecule has 2 rings (SSSR count). The summed E-state index contributed by atoms with van der Waals surface area (Å²) in [5.74, 6) is 0.161. The van der Waals surface area contributed by atoms with E-state index in [0.717, 1.165) is 29.6 Å². The lowest BCUT2D eigenvalue weighted by Crippen LogP contribution is -1.97. The van der Waals surface area contributed by atoms with Crippen LogP contribution in [0.5, 0.6) is 0 Å². The molecule has 0 bridgehead atoms. The summed E-state index contributed by atoms with van der Waals surface area (Å²) in [5, 5.41) is 0. The highest BCUT2D eigenvalue weighted by Crippen LogP contribution is 2.19. The van der Waals surface area contributed by atoms with Crippen molar-refractivity contribution in [2.75, 3.05) is 0 Å². The molecular weight excluding hydrogens is 240 g/mol. The minimum absolute atomic E-state index is 0.161. The molecule has 0 radical (unpaired) electrons. The van der Waals surface area contributed by atoms with Crippen LogP contribution in [0.25, 0.3) is 0 Å². The number of aldehydes is 1. The fraction of sp³-hybridized carbons (Fsp3) is 0.188. The van der Waals surface area contributed by atoms with E-state index < -0.39 is 0 Å². The Bertz CT molecular complexity index is 500. The highest BCUT2D eigenvalue weighted by atomic mass is 32.1. The van der Waals surface area contributed by atoms with Gasteiger partial charge in [-0.2, -0.15) is 0 Å². The molecule has 18 heavy (non-hydrogen) atoms. The van der Waals surface area contributed by atoms with E-state index >= 15 is 0 Å². The predicted molar refractivity (Wildman–Crippen MR) is 77.9 cm³/mol. The van der Waals surface area contributed by atoms with E-state index in [0.29, 0.717) is 0 Å². The lowest BCUT2D eigenvalue weighted by Gasteiger charge is -2.06. The Morgan fingerprint density at radius 2 is 1.94 bits per heavy atom. The van der Waals surface area contributed by atoms with Crippen molar-refractivity contribution in [3.63, 3.8) is 0 Å². The molecule has 1 aliphatic carbocycles. The van der Waals surface area contributed by atoms with Gasteiger partial charge in [-0.25, -0.2) is 0 Å². The molecule has 92 valence electrons. The Balaban J connectivity index is 1.98. The van der Waals surface area contributed by atoms with Gasteiger partial charge in [-0.05, 0) is 30.0 Å². The number of hydrogen-bond donors (Lipinski definition) is 1. The van der Waals surface area contributed by atoms with Crippen molar-refractivity contribution in [2.45, 2.75) is 17.7 Å². The first-order valence-electron chi connectivity index (χ1n) is 6.08. The van der Waals surface area contributed by atoms with E-state index in [1.807, 2.05) is 48.6 Å². The van der Waals surface area contributed by atoms with E-state index in [1.165, 1.54) is 5.56 Å². The van der Waals surface area contributed by atoms with Gasteiger partial charge in [-0.1, -0.05) is 48.6 Å². The second-order valence-electron chi connectivity index (χ2n) is 4.28. The van der Waals surface area contributed by atoms with Crippen LogP contribution in [-0.2, 0) is 11.2 Å². The van der Waals surface area contributed by atoms with Gasteiger partial charge in [-0.15, -0.1) is 12.6 Å². The fourth-order valence-electron chi connectivity index (χ4n) is 2.03. The maximum absolute atomic E-state index is 11.1. The van der Waals surface area contributed by atoms with Crippen molar-refractivity contribution in [3.8, 4) is 0 Å². The van der Waals surface area contributed by atoms with E-state index in [1.54, 1.807) is 0 Å². The largest absolute Gasteiger partial charge is 0.298 e. The molecule has 1 aromatic rings. The molecule has 0 spiro atoms. The number of hydrogen-bond acceptors (Lipinski definition) is 2. The third-order valence-corrected chi connectivity index (χ3v) is 3.49. The molecular formula is C16H16OS. The van der Waals surface area contributed by atoms with Gasteiger partial charge in [0.15, 0.2) is 0 Å². The van der Waals surface area contributed by atoms with Crippen LogP contribution in [0.2, 0.25) is 0 Å². The molecule has 0 N–H and O–H groups in total. The normalized spacial score (nSPS) is 15.3. The van der Waals surface area contributed by atoms with E-state index in [-0.39, 0.29) is 5.92 Å². The number of benzene rings is 1. The van der Waals surface area contributed by atoms with Crippen LogP contribution >= 0.6 is 12.6 Å². The summed E-state index contributed by atoms with van der Waals surface area (Å²) >= 11 is 4.42. The molecule has 0 atom stereocenters. The first-order chi connectivity index (χ1) is 8.81. The third-order valence-electron chi connectivity index (χ3n) is 3.05. The highest BCUT2D eigenvalue weighted by Gasteiger charge is 2.08. The number of carbonyl (C=O) groups is 1. The minimum Gasteiger partial charge on any atom is -0.298 e. The molecule has 1 nitrogen and oxygen atoms in total. The zero-order chi connectivity index (χ0) is 12.8. The standard InChI is InChI=1S/C16H16OS/c17-12-15(13-6-1-2-7-13)10-5-9-14-8-3-4-11-16(14)18/h1-4,6-8,10-13,18H,5,9H2/b15-10+. The lowest BCUT2D eigenvalue weighted by atomic mass is 9.99. The molecule has 0 aliphatic heterocycles. The van der Waals surface area contributed by atoms with Gasteiger partial charge in [0.2, 0.25) is 0 Å². The average Bonchev–Trinajstić information content (AvgIpc) is 2.90. The smallest absolute Gasteiger partial charge is 0.146 e. The Labute approximate surface area is 113 Å². The summed E-state index contributed by atoms with van der Waals surface area (Å²) in [5.41, 5.74) is 2.07. The van der Waals surface area contributed by atoms with Gasteiger partial charge < -0.3 is 0 Å². The Kier molecular flexibility index (Phi) is 4.59. The van der Waals surface area contributed by atoms with Gasteiger partial charge in [0, 0.05) is 10.8 Å². The minimum atomic E-state index is 0.161. The first-order valence-corrected chi connectivity index (χ1v) is 6.53. The maximum atomic E-state index is 11.1. The van der Waals surface area contributed by atoms with E-state index in [4.69, 9.17) is 0 Å². The van der Waals surface area contributed by atoms with Gasteiger partial charge >= 0.3 is 0 Å². The van der Waals surface area contributed by atoms with Crippen molar-refractivity contribution in [1.82, 2.24) is 0 Å². The SMILES string of the molecule is O=C/C(=C\CCc1ccccc1S)C1C=CC=C1. The topological polar surface area (TPSA) is 17.1 Å². The summed E-state index contributed by atoms with van der Waals surface area (Å²) < 4.78 is 0. The molecule has 0 saturated carbocycles. The summed E-state index contributed by atoms with van der Waals surface area (Å²) in [6, 6.07) is 8.06. The second-order valence-corrected chi connectivity index (χ2v) is 4.77. The number of allylic oxidation sites excluding steroid dienone is 6. The summed E-state index contributed by atoms with van der Waals surface area (Å²) in [6.07, 6.45) is 12.8. The first kappa shape index (κ1) is 12.9. The van der Waals surface area contributed by atoms with Crippen molar-refractivity contribution in [1.29, 1.82) is 0 Å². The molecule has 0 aromatic heterocycles. The highest BCUT2D eigenvalue weighted by molar-refractivity contribution is 7.80. The van der Waals surface area contributed by atoms with Crippen molar-refractivity contribution in [3.05, 3.63) is 65.8 Å². The lowest BCUT2D eigenvalue weighted by molar-refractivity contribution is -0.105. The third kappa shape index (κ3) is 3.23. The van der Waals surface area contributed by atoms with Gasteiger partial charge in [-0.3, -0.25) is 4.79 Å². The molecule has 0 heterocycles. The van der Waals surface area contributed by atoms with Crippen molar-refractivity contribution in [2.24, 2.45) is 5.92 Å². The van der Waals surface area contributed by atoms with Crippen LogP contribution < -0.4 is 0 Å². The molecule has 0 fully saturated rings. The Morgan fingerprint density at radius 1 is 1.22 bits per heavy atom. The number of rotatable bonds is 5. The van der Waals surface area contributed by atoms with Gasteiger partial charge in [0.1, 0.15) is 6.29 Å². The monoisotopic (exact) mass is 256 g/mol. The van der Waals surface area contributed by atoms with E-state index in [2.05, 4.69) is 18.7 Å². The summed E-state index contributed by atoms with van der Waals surface area (Å²) in [4.78, 5) is 12.1. The van der Waals surface area contributed by atoms with Crippen LogP contribution in [0, 0.1) is 5.92 Å². The molecule has 0 saturated heterocycles. The number of aryl methyl sites for hydroxylation is 1. The molecule has 0 amide bonds. The van der Waals surface area contributed by atoms with Crippen LogP contribution in [0.1, 0.15) is 12.0 Å².